The summed E-state index contributed by atoms with van der Waals surface area (Å²) in [5.74, 6) is 3.23. The van der Waals surface area contributed by atoms with Gasteiger partial charge in [0.15, 0.2) is 0 Å². The van der Waals surface area contributed by atoms with Gasteiger partial charge in [0.1, 0.15) is 0 Å². The van der Waals surface area contributed by atoms with Gasteiger partial charge in [-0.2, -0.15) is 11.8 Å². The average molecular weight is 301 g/mol. The highest BCUT2D eigenvalue weighted by atomic mass is 32.2. The van der Waals surface area contributed by atoms with Crippen LogP contribution in [-0.2, 0) is 4.74 Å². The average Bonchev–Trinajstić information content (AvgIpc) is 2.38. The Labute approximate surface area is 129 Å². The quantitative estimate of drug-likeness (QED) is 0.843. The van der Waals surface area contributed by atoms with Crippen molar-refractivity contribution in [3.05, 3.63) is 0 Å². The summed E-state index contributed by atoms with van der Waals surface area (Å²) in [6, 6.07) is 1.22. The predicted molar refractivity (Wildman–Crippen MR) is 88.6 cm³/mol. The third-order valence-electron chi connectivity index (χ3n) is 4.71. The molecule has 0 amide bonds. The molecule has 1 N–H and O–H groups in total. The first-order chi connectivity index (χ1) is 9.51. The number of hydrogen-bond acceptors (Lipinski definition) is 4. The number of nitrogens with one attached hydrogen (secondary N) is 1. The van der Waals surface area contributed by atoms with Crippen LogP contribution in [0.5, 0.6) is 0 Å². The van der Waals surface area contributed by atoms with Crippen LogP contribution in [0.4, 0.5) is 0 Å². The highest BCUT2D eigenvalue weighted by Crippen LogP contribution is 2.37. The molecular weight excluding hydrogens is 268 g/mol. The first kappa shape index (κ1) is 16.6. The van der Waals surface area contributed by atoms with Crippen molar-refractivity contribution >= 4 is 11.8 Å². The van der Waals surface area contributed by atoms with E-state index >= 15 is 0 Å². The van der Waals surface area contributed by atoms with E-state index in [1.807, 2.05) is 0 Å². The third kappa shape index (κ3) is 4.62. The number of nitrogens with zero attached hydrogens (tertiary/aromatic N) is 1. The molecule has 0 aliphatic carbocycles. The number of hydrogen-bond donors (Lipinski definition) is 1. The van der Waals surface area contributed by atoms with E-state index in [-0.39, 0.29) is 5.60 Å². The molecule has 0 radical (unpaired) electrons. The van der Waals surface area contributed by atoms with Gasteiger partial charge in [-0.1, -0.05) is 13.8 Å². The summed E-state index contributed by atoms with van der Waals surface area (Å²) >= 11 is 2.08. The predicted octanol–water partition coefficient (Wildman–Crippen LogP) is 2.61. The SMILES string of the molecule is CC(C)C(CN(C)C)NC1CCOC2(CCSCC2)C1. The van der Waals surface area contributed by atoms with Gasteiger partial charge >= 0.3 is 0 Å². The standard InChI is InChI=1S/C16H32N2OS/c1-13(2)15(12-18(3)4)17-14-5-8-19-16(11-14)6-9-20-10-7-16/h13-15,17H,5-12H2,1-4H3. The molecular formula is C16H32N2OS. The lowest BCUT2D eigenvalue weighted by Crippen LogP contribution is -2.54. The highest BCUT2D eigenvalue weighted by Gasteiger charge is 2.39. The fourth-order valence-electron chi connectivity index (χ4n) is 3.41. The monoisotopic (exact) mass is 300 g/mol. The summed E-state index contributed by atoms with van der Waals surface area (Å²) in [4.78, 5) is 2.30. The van der Waals surface area contributed by atoms with E-state index in [0.717, 1.165) is 13.2 Å². The van der Waals surface area contributed by atoms with Crippen molar-refractivity contribution in [2.75, 3.05) is 38.8 Å². The van der Waals surface area contributed by atoms with Gasteiger partial charge in [-0.3, -0.25) is 0 Å². The third-order valence-corrected chi connectivity index (χ3v) is 5.70. The van der Waals surface area contributed by atoms with Crippen LogP contribution in [0.3, 0.4) is 0 Å². The largest absolute Gasteiger partial charge is 0.375 e. The fourth-order valence-corrected chi connectivity index (χ4v) is 4.65. The van der Waals surface area contributed by atoms with Crippen molar-refractivity contribution in [2.24, 2.45) is 5.92 Å². The summed E-state index contributed by atoms with van der Waals surface area (Å²) < 4.78 is 6.20. The van der Waals surface area contributed by atoms with Crippen LogP contribution < -0.4 is 5.32 Å². The lowest BCUT2D eigenvalue weighted by molar-refractivity contribution is -0.0948. The zero-order valence-electron chi connectivity index (χ0n) is 13.7. The smallest absolute Gasteiger partial charge is 0.0713 e. The molecule has 2 aliphatic rings. The molecule has 4 heteroatoms. The van der Waals surface area contributed by atoms with Gasteiger partial charge in [-0.15, -0.1) is 0 Å². The Morgan fingerprint density at radius 3 is 2.60 bits per heavy atom. The van der Waals surface area contributed by atoms with Crippen LogP contribution in [0.25, 0.3) is 0 Å². The molecule has 3 nitrogen and oxygen atoms in total. The molecule has 0 aromatic heterocycles. The van der Waals surface area contributed by atoms with E-state index in [2.05, 4.69) is 49.9 Å². The van der Waals surface area contributed by atoms with E-state index in [9.17, 15) is 0 Å². The van der Waals surface area contributed by atoms with Crippen molar-refractivity contribution in [1.82, 2.24) is 10.2 Å². The maximum Gasteiger partial charge on any atom is 0.0713 e. The van der Waals surface area contributed by atoms with Crippen LogP contribution in [0.2, 0.25) is 0 Å². The van der Waals surface area contributed by atoms with Crippen molar-refractivity contribution in [3.63, 3.8) is 0 Å². The Kier molecular flexibility index (Phi) is 6.21. The molecule has 0 bridgehead atoms. The Balaban J connectivity index is 1.90. The van der Waals surface area contributed by atoms with Gasteiger partial charge in [0.2, 0.25) is 0 Å². The van der Waals surface area contributed by atoms with Gasteiger partial charge in [0, 0.05) is 25.2 Å². The summed E-state index contributed by atoms with van der Waals surface area (Å²) in [5, 5.41) is 3.93. The molecule has 2 rings (SSSR count). The lowest BCUT2D eigenvalue weighted by atomic mass is 9.85. The van der Waals surface area contributed by atoms with E-state index in [0.29, 0.717) is 18.0 Å². The minimum absolute atomic E-state index is 0.195. The van der Waals surface area contributed by atoms with Crippen LogP contribution >= 0.6 is 11.8 Å². The van der Waals surface area contributed by atoms with Crippen molar-refractivity contribution < 1.29 is 4.74 Å². The lowest BCUT2D eigenvalue weighted by Gasteiger charge is -2.44. The van der Waals surface area contributed by atoms with Gasteiger partial charge < -0.3 is 15.0 Å². The molecule has 2 atom stereocenters. The molecule has 0 aromatic rings. The molecule has 2 aliphatic heterocycles. The summed E-state index contributed by atoms with van der Waals surface area (Å²) in [6.45, 7) is 6.72. The summed E-state index contributed by atoms with van der Waals surface area (Å²) in [7, 11) is 4.34. The number of thioether (sulfide) groups is 1. The maximum absolute atomic E-state index is 6.20. The normalized spacial score (nSPS) is 28.2. The molecule has 2 unspecified atom stereocenters. The van der Waals surface area contributed by atoms with Gasteiger partial charge in [-0.25, -0.2) is 0 Å². The zero-order valence-corrected chi connectivity index (χ0v) is 14.5. The van der Waals surface area contributed by atoms with Crippen LogP contribution in [0.1, 0.15) is 39.5 Å². The van der Waals surface area contributed by atoms with E-state index < -0.39 is 0 Å². The molecule has 0 saturated carbocycles. The minimum Gasteiger partial charge on any atom is -0.375 e. The Morgan fingerprint density at radius 2 is 2.00 bits per heavy atom. The Bertz CT molecular complexity index is 285. The van der Waals surface area contributed by atoms with Crippen LogP contribution in [0, 0.1) is 5.92 Å². The van der Waals surface area contributed by atoms with E-state index in [1.165, 1.54) is 37.2 Å². The Hall–Kier alpha value is 0.230. The Morgan fingerprint density at radius 1 is 1.30 bits per heavy atom. The summed E-state index contributed by atoms with van der Waals surface area (Å²) in [5.41, 5.74) is 0.195. The number of likely N-dealkylation sites (N-methyl/N-ethyl adjacent to an activating group) is 1. The zero-order chi connectivity index (χ0) is 14.6. The van der Waals surface area contributed by atoms with Gasteiger partial charge in [0.25, 0.3) is 0 Å². The van der Waals surface area contributed by atoms with Crippen LogP contribution in [-0.4, -0.2) is 61.3 Å². The van der Waals surface area contributed by atoms with Gasteiger partial charge in [0.05, 0.1) is 5.60 Å². The fraction of sp³-hybridized carbons (Fsp3) is 1.00. The van der Waals surface area contributed by atoms with E-state index in [1.54, 1.807) is 0 Å². The molecule has 0 aromatic carbocycles. The second kappa shape index (κ2) is 7.48. The van der Waals surface area contributed by atoms with Crippen molar-refractivity contribution in [3.8, 4) is 0 Å². The van der Waals surface area contributed by atoms with Crippen molar-refractivity contribution in [1.29, 1.82) is 0 Å². The molecule has 1 spiro atoms. The van der Waals surface area contributed by atoms with Gasteiger partial charge in [-0.05, 0) is 57.2 Å². The van der Waals surface area contributed by atoms with Crippen molar-refractivity contribution in [2.45, 2.75) is 57.2 Å². The number of ether oxygens (including phenoxy) is 1. The summed E-state index contributed by atoms with van der Waals surface area (Å²) in [6.07, 6.45) is 4.88. The topological polar surface area (TPSA) is 24.5 Å². The second-order valence-corrected chi connectivity index (χ2v) is 8.34. The van der Waals surface area contributed by atoms with E-state index in [4.69, 9.17) is 4.74 Å². The second-order valence-electron chi connectivity index (χ2n) is 7.11. The molecule has 118 valence electrons. The molecule has 2 heterocycles. The first-order valence-electron chi connectivity index (χ1n) is 8.13. The van der Waals surface area contributed by atoms with Crippen LogP contribution in [0.15, 0.2) is 0 Å². The molecule has 20 heavy (non-hydrogen) atoms. The highest BCUT2D eigenvalue weighted by molar-refractivity contribution is 7.99. The first-order valence-corrected chi connectivity index (χ1v) is 9.29. The number of rotatable bonds is 5. The minimum atomic E-state index is 0.195. The maximum atomic E-state index is 6.20. The molecule has 2 saturated heterocycles. The molecule has 2 fully saturated rings.